The molecule has 2 aliphatic heterocycles. The minimum absolute atomic E-state index is 0.107. The quantitative estimate of drug-likeness (QED) is 0.817. The topological polar surface area (TPSA) is 60.9 Å². The molecule has 2 rings (SSSR count). The van der Waals surface area contributed by atoms with Crippen LogP contribution < -0.4 is 0 Å². The molecule has 5 heteroatoms. The Kier molecular flexibility index (Phi) is 4.09. The lowest BCUT2D eigenvalue weighted by atomic mass is 9.95. The largest absolute Gasteiger partial charge is 0.481 e. The van der Waals surface area contributed by atoms with Crippen LogP contribution in [0.3, 0.4) is 0 Å². The maximum atomic E-state index is 12.3. The van der Waals surface area contributed by atoms with Gasteiger partial charge in [-0.05, 0) is 38.5 Å². The highest BCUT2D eigenvalue weighted by Gasteiger charge is 2.32. The van der Waals surface area contributed by atoms with E-state index in [1.54, 1.807) is 0 Å². The third kappa shape index (κ3) is 2.94. The van der Waals surface area contributed by atoms with Crippen molar-refractivity contribution in [1.29, 1.82) is 0 Å². The first-order valence-corrected chi connectivity index (χ1v) is 6.85. The summed E-state index contributed by atoms with van der Waals surface area (Å²) < 4.78 is 0. The van der Waals surface area contributed by atoms with Crippen LogP contribution in [0.1, 0.15) is 39.0 Å². The lowest BCUT2D eigenvalue weighted by Gasteiger charge is -2.36. The summed E-state index contributed by atoms with van der Waals surface area (Å²) >= 11 is 0. The van der Waals surface area contributed by atoms with Crippen LogP contribution in [0.2, 0.25) is 0 Å². The molecular formula is C13H22N2O3. The summed E-state index contributed by atoms with van der Waals surface area (Å²) in [5.74, 6) is -0.637. The Balaban J connectivity index is 1.91. The summed E-state index contributed by atoms with van der Waals surface area (Å²) in [5.41, 5.74) is 0. The Morgan fingerprint density at radius 2 is 1.94 bits per heavy atom. The van der Waals surface area contributed by atoms with Gasteiger partial charge < -0.3 is 14.9 Å². The number of carboxylic acid groups (broad SMARTS) is 1. The van der Waals surface area contributed by atoms with Gasteiger partial charge in [0.15, 0.2) is 0 Å². The molecule has 0 bridgehead atoms. The molecule has 2 amide bonds. The smallest absolute Gasteiger partial charge is 0.320 e. The van der Waals surface area contributed by atoms with Crippen molar-refractivity contribution in [2.75, 3.05) is 19.6 Å². The van der Waals surface area contributed by atoms with Gasteiger partial charge in [-0.1, -0.05) is 0 Å². The Hall–Kier alpha value is -1.26. The van der Waals surface area contributed by atoms with Crippen molar-refractivity contribution in [3.05, 3.63) is 0 Å². The SMILES string of the molecule is CC1CCCN1C(=O)N1CCCC(CC(=O)O)C1. The number of urea groups is 1. The van der Waals surface area contributed by atoms with Crippen molar-refractivity contribution in [3.8, 4) is 0 Å². The number of carbonyl (C=O) groups is 2. The second kappa shape index (κ2) is 5.59. The number of carbonyl (C=O) groups excluding carboxylic acids is 1. The average Bonchev–Trinajstić information content (AvgIpc) is 2.74. The van der Waals surface area contributed by atoms with Crippen molar-refractivity contribution < 1.29 is 14.7 Å². The van der Waals surface area contributed by atoms with Crippen LogP contribution in [0, 0.1) is 5.92 Å². The number of hydrogen-bond acceptors (Lipinski definition) is 2. The van der Waals surface area contributed by atoms with Crippen LogP contribution in [0.25, 0.3) is 0 Å². The van der Waals surface area contributed by atoms with Crippen LogP contribution >= 0.6 is 0 Å². The molecule has 5 nitrogen and oxygen atoms in total. The van der Waals surface area contributed by atoms with E-state index < -0.39 is 5.97 Å². The van der Waals surface area contributed by atoms with Crippen LogP contribution in [0.15, 0.2) is 0 Å². The standard InChI is InChI=1S/C13H22N2O3/c1-10-4-2-7-15(10)13(18)14-6-3-5-11(9-14)8-12(16)17/h10-11H,2-9H2,1H3,(H,16,17). The molecule has 2 unspecified atom stereocenters. The fraction of sp³-hybridized carbons (Fsp3) is 0.846. The Morgan fingerprint density at radius 3 is 2.56 bits per heavy atom. The van der Waals surface area contributed by atoms with Gasteiger partial charge >= 0.3 is 12.0 Å². The predicted octanol–water partition coefficient (Wildman–Crippen LogP) is 1.78. The molecule has 2 heterocycles. The number of hydrogen-bond donors (Lipinski definition) is 1. The third-order valence-electron chi connectivity index (χ3n) is 4.05. The molecule has 2 atom stereocenters. The van der Waals surface area contributed by atoms with Crippen LogP contribution in [0.4, 0.5) is 4.79 Å². The minimum atomic E-state index is -0.760. The normalized spacial score (nSPS) is 28.5. The summed E-state index contributed by atoms with van der Waals surface area (Å²) in [7, 11) is 0. The number of nitrogens with zero attached hydrogens (tertiary/aromatic N) is 2. The number of amides is 2. The van der Waals surface area contributed by atoms with Gasteiger partial charge in [0.05, 0.1) is 0 Å². The zero-order valence-corrected chi connectivity index (χ0v) is 11.0. The van der Waals surface area contributed by atoms with Crippen LogP contribution in [0.5, 0.6) is 0 Å². The van der Waals surface area contributed by atoms with E-state index in [2.05, 4.69) is 6.92 Å². The zero-order chi connectivity index (χ0) is 13.1. The van der Waals surface area contributed by atoms with Gasteiger partial charge in [0, 0.05) is 32.1 Å². The number of piperidine rings is 1. The molecule has 2 fully saturated rings. The monoisotopic (exact) mass is 254 g/mol. The molecule has 0 saturated carbocycles. The van der Waals surface area contributed by atoms with Gasteiger partial charge in [-0.25, -0.2) is 4.79 Å². The Bertz CT molecular complexity index is 332. The van der Waals surface area contributed by atoms with Gasteiger partial charge in [0.25, 0.3) is 0 Å². The maximum absolute atomic E-state index is 12.3. The molecule has 0 aromatic carbocycles. The summed E-state index contributed by atoms with van der Waals surface area (Å²) in [6.07, 6.45) is 4.19. The lowest BCUT2D eigenvalue weighted by Crippen LogP contribution is -2.48. The van der Waals surface area contributed by atoms with E-state index in [1.807, 2.05) is 9.80 Å². The zero-order valence-electron chi connectivity index (χ0n) is 11.0. The summed E-state index contributed by atoms with van der Waals surface area (Å²) in [6.45, 7) is 4.32. The Morgan fingerprint density at radius 1 is 1.22 bits per heavy atom. The molecule has 2 aliphatic rings. The first-order chi connectivity index (χ1) is 8.58. The molecule has 0 aliphatic carbocycles. The molecule has 102 valence electrons. The first-order valence-electron chi connectivity index (χ1n) is 6.85. The van der Waals surface area contributed by atoms with Gasteiger partial charge in [0.2, 0.25) is 0 Å². The second-order valence-corrected chi connectivity index (χ2v) is 5.52. The molecule has 1 N–H and O–H groups in total. The van der Waals surface area contributed by atoms with Crippen molar-refractivity contribution in [2.45, 2.75) is 45.1 Å². The van der Waals surface area contributed by atoms with Crippen molar-refractivity contribution in [2.24, 2.45) is 5.92 Å². The third-order valence-corrected chi connectivity index (χ3v) is 4.05. The highest BCUT2D eigenvalue weighted by molar-refractivity contribution is 5.75. The van der Waals surface area contributed by atoms with Gasteiger partial charge in [-0.3, -0.25) is 4.79 Å². The maximum Gasteiger partial charge on any atom is 0.320 e. The van der Waals surface area contributed by atoms with E-state index in [0.29, 0.717) is 12.6 Å². The number of carboxylic acids is 1. The molecule has 0 aromatic heterocycles. The highest BCUT2D eigenvalue weighted by atomic mass is 16.4. The average molecular weight is 254 g/mol. The van der Waals surface area contributed by atoms with Crippen molar-refractivity contribution in [1.82, 2.24) is 9.80 Å². The first kappa shape index (κ1) is 13.2. The van der Waals surface area contributed by atoms with Crippen molar-refractivity contribution in [3.63, 3.8) is 0 Å². The van der Waals surface area contributed by atoms with E-state index in [-0.39, 0.29) is 18.4 Å². The second-order valence-electron chi connectivity index (χ2n) is 5.52. The molecule has 0 radical (unpaired) electrons. The van der Waals surface area contributed by atoms with E-state index in [4.69, 9.17) is 5.11 Å². The molecular weight excluding hydrogens is 232 g/mol. The highest BCUT2D eigenvalue weighted by Crippen LogP contribution is 2.24. The number of likely N-dealkylation sites (tertiary alicyclic amines) is 2. The molecule has 0 spiro atoms. The summed E-state index contributed by atoms with van der Waals surface area (Å²) in [4.78, 5) is 26.9. The van der Waals surface area contributed by atoms with Crippen LogP contribution in [-0.4, -0.2) is 52.6 Å². The number of rotatable bonds is 2. The van der Waals surface area contributed by atoms with E-state index >= 15 is 0 Å². The Labute approximate surface area is 108 Å². The van der Waals surface area contributed by atoms with Crippen LogP contribution in [-0.2, 0) is 4.79 Å². The van der Waals surface area contributed by atoms with E-state index in [0.717, 1.165) is 38.8 Å². The minimum Gasteiger partial charge on any atom is -0.481 e. The van der Waals surface area contributed by atoms with E-state index in [9.17, 15) is 9.59 Å². The van der Waals surface area contributed by atoms with Crippen molar-refractivity contribution >= 4 is 12.0 Å². The lowest BCUT2D eigenvalue weighted by molar-refractivity contribution is -0.138. The fourth-order valence-electron chi connectivity index (χ4n) is 3.05. The van der Waals surface area contributed by atoms with E-state index in [1.165, 1.54) is 0 Å². The molecule has 0 aromatic rings. The number of aliphatic carboxylic acids is 1. The fourth-order valence-corrected chi connectivity index (χ4v) is 3.05. The van der Waals surface area contributed by atoms with Gasteiger partial charge in [-0.15, -0.1) is 0 Å². The summed E-state index contributed by atoms with van der Waals surface area (Å²) in [5, 5.41) is 8.83. The van der Waals surface area contributed by atoms with Gasteiger partial charge in [-0.2, -0.15) is 0 Å². The molecule has 18 heavy (non-hydrogen) atoms. The van der Waals surface area contributed by atoms with Gasteiger partial charge in [0.1, 0.15) is 0 Å². The molecule has 2 saturated heterocycles. The summed E-state index contributed by atoms with van der Waals surface area (Å²) in [6, 6.07) is 0.437. The predicted molar refractivity (Wildman–Crippen MR) is 67.3 cm³/mol.